The molecule has 0 aliphatic heterocycles. The van der Waals surface area contributed by atoms with Crippen LogP contribution in [-0.2, 0) is 0 Å². The molecule has 0 aromatic heterocycles. The van der Waals surface area contributed by atoms with Crippen LogP contribution in [0.15, 0.2) is 164 Å². The van der Waals surface area contributed by atoms with Crippen LogP contribution in [0.2, 0.25) is 0 Å². The molecule has 0 heterocycles. The molecule has 7 aromatic rings. The molecule has 52 heavy (non-hydrogen) atoms. The summed E-state index contributed by atoms with van der Waals surface area (Å²) in [6, 6.07) is 41.2. The summed E-state index contributed by atoms with van der Waals surface area (Å²) >= 11 is 0. The summed E-state index contributed by atoms with van der Waals surface area (Å²) in [5.41, 5.74) is -5.19. The zero-order chi connectivity index (χ0) is 36.8. The second-order valence-electron chi connectivity index (χ2n) is 11.7. The van der Waals surface area contributed by atoms with E-state index < -0.39 is 82.5 Å². The number of halogens is 8. The molecule has 0 amide bonds. The fourth-order valence-electron chi connectivity index (χ4n) is 6.74. The Hall–Kier alpha value is -5.53. The highest BCUT2D eigenvalue weighted by atomic mass is 31.1. The monoisotopic (exact) mass is 725 g/mol. The van der Waals surface area contributed by atoms with Gasteiger partial charge in [0.1, 0.15) is 6.15 Å². The fourth-order valence-corrected chi connectivity index (χ4v) is 9.05. The lowest BCUT2D eigenvalue weighted by Gasteiger charge is -2.44. The van der Waals surface area contributed by atoms with Crippen LogP contribution in [0.1, 0.15) is 0 Å². The highest BCUT2D eigenvalue weighted by Gasteiger charge is 2.45. The van der Waals surface area contributed by atoms with E-state index in [-0.39, 0.29) is 0 Å². The SMILES string of the molecule is Fc1cccc(F)c1[B-](c1c(F)cccc1F)(c1c(F)cccc1F)c1c(F)cccc1F.c1ccc(P(c2ccccc2)c2ccccc2)cc1. The van der Waals surface area contributed by atoms with Crippen molar-refractivity contribution in [3.63, 3.8) is 0 Å². The van der Waals surface area contributed by atoms with E-state index in [1.807, 2.05) is 0 Å². The third kappa shape index (κ3) is 6.89. The second-order valence-corrected chi connectivity index (χ2v) is 14.0. The van der Waals surface area contributed by atoms with Crippen LogP contribution >= 0.6 is 7.92 Å². The van der Waals surface area contributed by atoms with E-state index in [1.165, 1.54) is 15.9 Å². The number of hydrogen-bond donors (Lipinski definition) is 0. The van der Waals surface area contributed by atoms with Crippen molar-refractivity contribution in [2.45, 2.75) is 0 Å². The van der Waals surface area contributed by atoms with Gasteiger partial charge in [0.15, 0.2) is 0 Å². The van der Waals surface area contributed by atoms with Gasteiger partial charge in [-0.15, -0.1) is 21.9 Å². The standard InChI is InChI=1S/C24H12BF8.C18H15P/c26-13-5-1-6-14(27)21(13)25(22-15(28)7-2-8-16(22)29,23-17(30)9-3-10-18(23)31)24-19(32)11-4-12-20(24)33;1-4-10-16(11-5-1)19(17-12-6-2-7-13-17)18-14-8-3-9-15-18/h1-12H;1-15H/q-1;. The van der Waals surface area contributed by atoms with Gasteiger partial charge < -0.3 is 0 Å². The van der Waals surface area contributed by atoms with Gasteiger partial charge in [-0.05, 0) is 72.4 Å². The second kappa shape index (κ2) is 15.8. The van der Waals surface area contributed by atoms with Gasteiger partial charge in [-0.2, -0.15) is 0 Å². The molecule has 10 heteroatoms. The van der Waals surface area contributed by atoms with Gasteiger partial charge in [-0.25, -0.2) is 35.1 Å². The van der Waals surface area contributed by atoms with Crippen LogP contribution in [0.5, 0.6) is 0 Å². The predicted octanol–water partition coefficient (Wildman–Crippen LogP) is 7.62. The summed E-state index contributed by atoms with van der Waals surface area (Å²) in [7, 11) is -0.446. The summed E-state index contributed by atoms with van der Waals surface area (Å²) in [6.07, 6.45) is -4.42. The van der Waals surface area contributed by atoms with Gasteiger partial charge in [0.25, 0.3) is 0 Å². The molecular formula is C42H27BF8P-. The van der Waals surface area contributed by atoms with Crippen molar-refractivity contribution in [2.24, 2.45) is 0 Å². The minimum absolute atomic E-state index is 0.446. The lowest BCUT2D eigenvalue weighted by molar-refractivity contribution is 0.582. The van der Waals surface area contributed by atoms with E-state index in [0.717, 1.165) is 24.3 Å². The Morgan fingerprint density at radius 3 is 0.635 bits per heavy atom. The van der Waals surface area contributed by atoms with Crippen molar-refractivity contribution >= 4 is 51.8 Å². The predicted molar refractivity (Wildman–Crippen MR) is 195 cm³/mol. The summed E-state index contributed by atoms with van der Waals surface area (Å²) < 4.78 is 122. The first-order valence-electron chi connectivity index (χ1n) is 16.0. The van der Waals surface area contributed by atoms with Crippen LogP contribution in [-0.4, -0.2) is 6.15 Å². The van der Waals surface area contributed by atoms with Gasteiger partial charge in [0, 0.05) is 0 Å². The maximum atomic E-state index is 15.2. The Bertz CT molecular complexity index is 1920. The summed E-state index contributed by atoms with van der Waals surface area (Å²) in [6.45, 7) is 0. The minimum Gasteiger partial charge on any atom is -0.210 e. The molecule has 0 radical (unpaired) electrons. The molecule has 0 fully saturated rings. The average Bonchev–Trinajstić information content (AvgIpc) is 3.13. The number of hydrogen-bond acceptors (Lipinski definition) is 0. The normalized spacial score (nSPS) is 11.2. The van der Waals surface area contributed by atoms with Crippen LogP contribution in [0, 0.1) is 46.5 Å². The smallest absolute Gasteiger partial charge is 0.136 e. The van der Waals surface area contributed by atoms with Crippen LogP contribution in [0.3, 0.4) is 0 Å². The number of benzene rings is 7. The van der Waals surface area contributed by atoms with E-state index in [4.69, 9.17) is 0 Å². The zero-order valence-corrected chi connectivity index (χ0v) is 28.0. The van der Waals surface area contributed by atoms with Crippen molar-refractivity contribution in [3.8, 4) is 0 Å². The van der Waals surface area contributed by atoms with E-state index in [9.17, 15) is 0 Å². The highest BCUT2D eigenvalue weighted by molar-refractivity contribution is 7.79. The van der Waals surface area contributed by atoms with Crippen molar-refractivity contribution in [1.82, 2.24) is 0 Å². The maximum Gasteiger partial charge on any atom is 0.136 e. The molecule has 0 saturated carbocycles. The molecule has 0 aliphatic rings. The summed E-state index contributed by atoms with van der Waals surface area (Å²) in [5.74, 6) is -12.1. The topological polar surface area (TPSA) is 0 Å². The van der Waals surface area contributed by atoms with Crippen LogP contribution < -0.4 is 37.8 Å². The summed E-state index contributed by atoms with van der Waals surface area (Å²) in [5, 5.41) is 4.19. The molecule has 0 aliphatic carbocycles. The molecule has 0 bridgehead atoms. The van der Waals surface area contributed by atoms with Crippen molar-refractivity contribution < 1.29 is 35.1 Å². The zero-order valence-electron chi connectivity index (χ0n) is 27.1. The molecule has 260 valence electrons. The quantitative estimate of drug-likeness (QED) is 0.0902. The first-order chi connectivity index (χ1) is 25.2. The Labute approximate surface area is 296 Å². The van der Waals surface area contributed by atoms with Crippen molar-refractivity contribution in [1.29, 1.82) is 0 Å². The molecular weight excluding hydrogens is 698 g/mol. The average molecular weight is 725 g/mol. The third-order valence-electron chi connectivity index (χ3n) is 8.77. The largest absolute Gasteiger partial charge is 0.210 e. The van der Waals surface area contributed by atoms with E-state index in [1.54, 1.807) is 0 Å². The Balaban J connectivity index is 0.000000206. The fraction of sp³-hybridized carbons (Fsp3) is 0. The molecule has 7 aromatic carbocycles. The van der Waals surface area contributed by atoms with E-state index in [0.29, 0.717) is 48.5 Å². The lowest BCUT2D eigenvalue weighted by atomic mass is 9.12. The first kappa shape index (κ1) is 36.3. The molecule has 0 unspecified atom stereocenters. The number of rotatable bonds is 7. The Kier molecular flexibility index (Phi) is 11.0. The molecule has 7 rings (SSSR count). The lowest BCUT2D eigenvalue weighted by Crippen LogP contribution is -2.80. The van der Waals surface area contributed by atoms with Gasteiger partial charge in [-0.1, -0.05) is 115 Å². The minimum atomic E-state index is -4.42. The van der Waals surface area contributed by atoms with Gasteiger partial charge in [-0.3, -0.25) is 0 Å². The Morgan fingerprint density at radius 1 is 0.250 bits per heavy atom. The maximum absolute atomic E-state index is 15.2. The summed E-state index contributed by atoms with van der Waals surface area (Å²) in [4.78, 5) is 0. The van der Waals surface area contributed by atoms with Gasteiger partial charge in [0.2, 0.25) is 0 Å². The molecule has 0 atom stereocenters. The molecule has 0 N–H and O–H groups in total. The highest BCUT2D eigenvalue weighted by Crippen LogP contribution is 2.32. The van der Waals surface area contributed by atoms with E-state index >= 15 is 35.1 Å². The van der Waals surface area contributed by atoms with Crippen LogP contribution in [0.25, 0.3) is 0 Å². The van der Waals surface area contributed by atoms with Gasteiger partial charge in [0.05, 0.1) is 46.5 Å². The molecule has 0 saturated heterocycles. The van der Waals surface area contributed by atoms with Crippen molar-refractivity contribution in [2.75, 3.05) is 0 Å². The third-order valence-corrected chi connectivity index (χ3v) is 11.2. The van der Waals surface area contributed by atoms with Gasteiger partial charge >= 0.3 is 0 Å². The van der Waals surface area contributed by atoms with E-state index in [2.05, 4.69) is 91.0 Å². The van der Waals surface area contributed by atoms with Crippen molar-refractivity contribution in [3.05, 3.63) is 210 Å². The Morgan fingerprint density at radius 2 is 0.442 bits per heavy atom. The molecule has 0 spiro atoms. The van der Waals surface area contributed by atoms with Crippen LogP contribution in [0.4, 0.5) is 35.1 Å². The molecule has 0 nitrogen and oxygen atoms in total. The first-order valence-corrected chi connectivity index (χ1v) is 17.4.